The second kappa shape index (κ2) is 9.19. The van der Waals surface area contributed by atoms with E-state index in [9.17, 15) is 9.90 Å². The molecule has 0 radical (unpaired) electrons. The molecule has 0 saturated carbocycles. The van der Waals surface area contributed by atoms with Gasteiger partial charge in [-0.3, -0.25) is 0 Å². The summed E-state index contributed by atoms with van der Waals surface area (Å²) in [5, 5.41) is 9.38. The van der Waals surface area contributed by atoms with E-state index in [1.807, 2.05) is 26.0 Å². The fourth-order valence-corrected chi connectivity index (χ4v) is 2.19. The summed E-state index contributed by atoms with van der Waals surface area (Å²) >= 11 is 0. The summed E-state index contributed by atoms with van der Waals surface area (Å²) in [6, 6.07) is 0. The molecule has 0 amide bonds. The smallest absolute Gasteiger partial charge is 0.126 e. The van der Waals surface area contributed by atoms with E-state index in [0.717, 1.165) is 38.4 Å². The summed E-state index contributed by atoms with van der Waals surface area (Å²) in [4.78, 5) is 10.3. The van der Waals surface area contributed by atoms with E-state index in [4.69, 9.17) is 0 Å². The summed E-state index contributed by atoms with van der Waals surface area (Å²) in [6.45, 7) is 14.0. The van der Waals surface area contributed by atoms with Crippen molar-refractivity contribution in [3.8, 4) is 0 Å². The Bertz CT molecular complexity index is 334. The molecule has 1 aliphatic carbocycles. The highest BCUT2D eigenvalue weighted by molar-refractivity contribution is 5.56. The fraction of sp³-hybridized carbons (Fsp3) is 0.737. The Hall–Kier alpha value is -0.890. The van der Waals surface area contributed by atoms with E-state index in [-0.39, 0.29) is 5.92 Å². The van der Waals surface area contributed by atoms with Crippen LogP contribution in [0, 0.1) is 17.3 Å². The van der Waals surface area contributed by atoms with Crippen LogP contribution in [0.5, 0.6) is 0 Å². The first-order chi connectivity index (χ1) is 9.59. The second-order valence-corrected chi connectivity index (χ2v) is 7.60. The maximum Gasteiger partial charge on any atom is 0.126 e. The van der Waals surface area contributed by atoms with Crippen molar-refractivity contribution in [1.82, 2.24) is 0 Å². The maximum atomic E-state index is 10.3. The van der Waals surface area contributed by atoms with Gasteiger partial charge in [-0.15, -0.1) is 6.58 Å². The number of carbonyl (C=O) groups excluding carboxylic acids is 1. The molecule has 0 heterocycles. The summed E-state index contributed by atoms with van der Waals surface area (Å²) in [5.41, 5.74) is -0.180. The predicted octanol–water partition coefficient (Wildman–Crippen LogP) is 4.93. The van der Waals surface area contributed by atoms with Crippen molar-refractivity contribution in [3.05, 3.63) is 24.8 Å². The minimum atomic E-state index is -0.499. The van der Waals surface area contributed by atoms with E-state index in [0.29, 0.717) is 11.3 Å². The number of rotatable bonds is 6. The highest BCUT2D eigenvalue weighted by Crippen LogP contribution is 2.31. The van der Waals surface area contributed by atoms with Gasteiger partial charge in [0.1, 0.15) is 6.29 Å². The first-order valence-electron chi connectivity index (χ1n) is 8.09. The van der Waals surface area contributed by atoms with E-state index in [1.54, 1.807) is 0 Å². The van der Waals surface area contributed by atoms with Gasteiger partial charge in [0, 0.05) is 5.92 Å². The average Bonchev–Trinajstić information content (AvgIpc) is 2.38. The number of hydrogen-bond acceptors (Lipinski definition) is 2. The molecule has 2 atom stereocenters. The van der Waals surface area contributed by atoms with E-state index in [2.05, 4.69) is 33.4 Å². The van der Waals surface area contributed by atoms with Crippen molar-refractivity contribution < 1.29 is 9.90 Å². The SMILES string of the molecule is C=CC(C)CCCC(C)(C)O.CC1(C)C=CC(C=O)CC1. The van der Waals surface area contributed by atoms with Crippen molar-refractivity contribution in [2.24, 2.45) is 17.3 Å². The van der Waals surface area contributed by atoms with Crippen LogP contribution in [0.2, 0.25) is 0 Å². The molecule has 1 rings (SSSR count). The number of allylic oxidation sites excluding steroid dienone is 3. The molecule has 1 aliphatic rings. The third kappa shape index (κ3) is 11.4. The van der Waals surface area contributed by atoms with E-state index in [1.165, 1.54) is 0 Å². The Morgan fingerprint density at radius 2 is 2.10 bits per heavy atom. The molecule has 0 saturated heterocycles. The molecule has 122 valence electrons. The molecule has 0 fully saturated rings. The topological polar surface area (TPSA) is 37.3 Å². The number of hydrogen-bond donors (Lipinski definition) is 1. The lowest BCUT2D eigenvalue weighted by Gasteiger charge is -2.25. The molecule has 2 unspecified atom stereocenters. The highest BCUT2D eigenvalue weighted by Gasteiger charge is 2.20. The van der Waals surface area contributed by atoms with Crippen molar-refractivity contribution in [1.29, 1.82) is 0 Å². The van der Waals surface area contributed by atoms with Crippen molar-refractivity contribution in [2.45, 2.75) is 72.3 Å². The van der Waals surface area contributed by atoms with Crippen LogP contribution in [0.3, 0.4) is 0 Å². The van der Waals surface area contributed by atoms with E-state index >= 15 is 0 Å². The maximum absolute atomic E-state index is 10.3. The number of aldehydes is 1. The molecule has 21 heavy (non-hydrogen) atoms. The quantitative estimate of drug-likeness (QED) is 0.557. The van der Waals surface area contributed by atoms with Crippen molar-refractivity contribution in [2.75, 3.05) is 0 Å². The van der Waals surface area contributed by atoms with Crippen LogP contribution in [0.4, 0.5) is 0 Å². The first kappa shape index (κ1) is 20.1. The van der Waals surface area contributed by atoms with Crippen LogP contribution >= 0.6 is 0 Å². The normalized spacial score (nSPS) is 21.9. The Balaban J connectivity index is 0.000000382. The van der Waals surface area contributed by atoms with Gasteiger partial charge in [-0.2, -0.15) is 0 Å². The molecule has 2 heteroatoms. The van der Waals surface area contributed by atoms with Crippen LogP contribution in [0.15, 0.2) is 24.8 Å². The van der Waals surface area contributed by atoms with Gasteiger partial charge in [0.05, 0.1) is 5.60 Å². The van der Waals surface area contributed by atoms with Crippen LogP contribution in [0.25, 0.3) is 0 Å². The summed E-state index contributed by atoms with van der Waals surface area (Å²) in [6.07, 6.45) is 12.4. The van der Waals surface area contributed by atoms with Gasteiger partial charge in [-0.05, 0) is 50.9 Å². The molecule has 0 aromatic heterocycles. The van der Waals surface area contributed by atoms with Gasteiger partial charge >= 0.3 is 0 Å². The molecule has 0 aromatic carbocycles. The number of aliphatic hydroxyl groups is 1. The van der Waals surface area contributed by atoms with Crippen LogP contribution < -0.4 is 0 Å². The van der Waals surface area contributed by atoms with Crippen LogP contribution in [-0.4, -0.2) is 17.0 Å². The zero-order valence-corrected chi connectivity index (χ0v) is 14.6. The van der Waals surface area contributed by atoms with Gasteiger partial charge in [-0.1, -0.05) is 45.4 Å². The molecule has 0 spiro atoms. The molecule has 1 N–H and O–H groups in total. The number of carbonyl (C=O) groups is 1. The zero-order valence-electron chi connectivity index (χ0n) is 14.6. The minimum absolute atomic E-state index is 0.188. The van der Waals surface area contributed by atoms with Gasteiger partial charge in [0.2, 0.25) is 0 Å². The largest absolute Gasteiger partial charge is 0.390 e. The predicted molar refractivity (Wildman–Crippen MR) is 91.2 cm³/mol. The van der Waals surface area contributed by atoms with E-state index < -0.39 is 5.60 Å². The Kier molecular flexibility index (Phi) is 8.80. The van der Waals surface area contributed by atoms with Crippen LogP contribution in [-0.2, 0) is 4.79 Å². The van der Waals surface area contributed by atoms with Crippen molar-refractivity contribution >= 4 is 6.29 Å². The lowest BCUT2D eigenvalue weighted by molar-refractivity contribution is -0.110. The van der Waals surface area contributed by atoms with Crippen LogP contribution in [0.1, 0.15) is 66.7 Å². The first-order valence-corrected chi connectivity index (χ1v) is 8.09. The molecular weight excluding hydrogens is 260 g/mol. The van der Waals surface area contributed by atoms with Gasteiger partial charge < -0.3 is 9.90 Å². The second-order valence-electron chi connectivity index (χ2n) is 7.60. The highest BCUT2D eigenvalue weighted by atomic mass is 16.3. The zero-order chi connectivity index (χ0) is 16.5. The Labute approximate surface area is 131 Å². The van der Waals surface area contributed by atoms with Crippen molar-refractivity contribution in [3.63, 3.8) is 0 Å². The molecule has 0 aromatic rings. The fourth-order valence-electron chi connectivity index (χ4n) is 2.19. The summed E-state index contributed by atoms with van der Waals surface area (Å²) < 4.78 is 0. The Morgan fingerprint density at radius 1 is 1.48 bits per heavy atom. The summed E-state index contributed by atoms with van der Waals surface area (Å²) in [5.74, 6) is 0.769. The lowest BCUT2D eigenvalue weighted by atomic mass is 9.79. The monoisotopic (exact) mass is 294 g/mol. The minimum Gasteiger partial charge on any atom is -0.390 e. The average molecular weight is 294 g/mol. The standard InChI is InChI=1S/C10H20O.C9H14O/c1-5-9(2)7-6-8-10(3,4)11;1-9(2)5-3-8(7-10)4-6-9/h5,9,11H,1,6-8H2,2-4H3;3,5,7-8H,4,6H2,1-2H3. The third-order valence-corrected chi connectivity index (χ3v) is 3.94. The van der Waals surface area contributed by atoms with Gasteiger partial charge in [0.15, 0.2) is 0 Å². The lowest BCUT2D eigenvalue weighted by Crippen LogP contribution is -2.18. The Morgan fingerprint density at radius 3 is 2.48 bits per heavy atom. The molecule has 0 aliphatic heterocycles. The molecule has 0 bridgehead atoms. The van der Waals surface area contributed by atoms with Gasteiger partial charge in [-0.25, -0.2) is 0 Å². The molecular formula is C19H34O2. The third-order valence-electron chi connectivity index (χ3n) is 3.94. The molecule has 2 nitrogen and oxygen atoms in total. The summed E-state index contributed by atoms with van der Waals surface area (Å²) in [7, 11) is 0. The van der Waals surface area contributed by atoms with Gasteiger partial charge in [0.25, 0.3) is 0 Å².